The molecule has 0 heterocycles. The zero-order chi connectivity index (χ0) is 16.7. The van der Waals surface area contributed by atoms with Crippen molar-refractivity contribution in [2.45, 2.75) is 37.7 Å². The van der Waals surface area contributed by atoms with E-state index in [9.17, 15) is 0 Å². The van der Waals surface area contributed by atoms with Crippen LogP contribution in [0.4, 0.5) is 0 Å². The monoisotopic (exact) mass is 526 g/mol. The fourth-order valence-electron chi connectivity index (χ4n) is 3.72. The molecule has 2 unspecified atom stereocenters. The summed E-state index contributed by atoms with van der Waals surface area (Å²) in [6, 6.07) is 6.32. The average Bonchev–Trinajstić information content (AvgIpc) is 2.43. The van der Waals surface area contributed by atoms with Crippen LogP contribution in [0.5, 0.6) is 5.75 Å². The minimum Gasteiger partial charge on any atom is -0.497 e. The van der Waals surface area contributed by atoms with E-state index in [0.29, 0.717) is 3.92 Å². The summed E-state index contributed by atoms with van der Waals surface area (Å²) in [6.07, 6.45) is 2.59. The van der Waals surface area contributed by atoms with E-state index in [1.165, 1.54) is 14.7 Å². The molecule has 0 amide bonds. The molecule has 22 heavy (non-hydrogen) atoms. The summed E-state index contributed by atoms with van der Waals surface area (Å²) in [5, 5.41) is 0. The lowest BCUT2D eigenvalue weighted by molar-refractivity contribution is -0.0514. The van der Waals surface area contributed by atoms with Crippen LogP contribution in [0, 0.1) is 14.4 Å². The smallest absolute Gasteiger partial charge is 0.119 e. The second-order valence-corrected chi connectivity index (χ2v) is 9.47. The molecule has 2 rings (SSSR count). The van der Waals surface area contributed by atoms with E-state index in [1.807, 2.05) is 13.2 Å². The maximum atomic E-state index is 5.87. The van der Waals surface area contributed by atoms with Crippen LogP contribution in [-0.4, -0.2) is 24.2 Å². The summed E-state index contributed by atoms with van der Waals surface area (Å²) < 4.78 is 12.8. The predicted molar refractivity (Wildman–Crippen MR) is 110 cm³/mol. The Labute approximate surface area is 161 Å². The Morgan fingerprint density at radius 2 is 1.73 bits per heavy atom. The number of rotatable bonds is 3. The Bertz CT molecular complexity index is 591. The number of hydrogen-bond donors (Lipinski definition) is 0. The zero-order valence-corrected chi connectivity index (χ0v) is 18.4. The molecule has 122 valence electrons. The van der Waals surface area contributed by atoms with Crippen molar-refractivity contribution in [1.29, 1.82) is 0 Å². The Kier molecular flexibility index (Phi) is 5.55. The van der Waals surface area contributed by atoms with Crippen LogP contribution in [0.15, 0.2) is 24.3 Å². The molecule has 0 aromatic heterocycles. The quantitative estimate of drug-likeness (QED) is 0.379. The van der Waals surface area contributed by atoms with Crippen LogP contribution in [0.1, 0.15) is 33.3 Å². The first-order chi connectivity index (χ1) is 10.1. The molecule has 0 bridgehead atoms. The van der Waals surface area contributed by atoms with E-state index in [1.54, 1.807) is 7.11 Å². The summed E-state index contributed by atoms with van der Waals surface area (Å²) in [5.41, 5.74) is 2.76. The first kappa shape index (κ1) is 18.5. The van der Waals surface area contributed by atoms with Gasteiger partial charge in [-0.2, -0.15) is 0 Å². The van der Waals surface area contributed by atoms with Gasteiger partial charge < -0.3 is 9.47 Å². The minimum absolute atomic E-state index is 0.00172. The van der Waals surface area contributed by atoms with Crippen molar-refractivity contribution in [3.8, 4) is 5.75 Å². The predicted octanol–water partition coefficient (Wildman–Crippen LogP) is 5.57. The van der Waals surface area contributed by atoms with Gasteiger partial charge in [0.1, 0.15) is 5.75 Å². The van der Waals surface area contributed by atoms with E-state index in [4.69, 9.17) is 9.47 Å². The molecule has 1 aliphatic rings. The molecule has 1 aliphatic carbocycles. The first-order valence-electron chi connectivity index (χ1n) is 7.38. The van der Waals surface area contributed by atoms with Crippen molar-refractivity contribution >= 4 is 50.8 Å². The molecule has 0 radical (unpaired) electrons. The molecule has 0 fully saturated rings. The molecule has 1 aromatic rings. The van der Waals surface area contributed by atoms with E-state index in [-0.39, 0.29) is 16.9 Å². The van der Waals surface area contributed by atoms with Crippen molar-refractivity contribution < 1.29 is 9.47 Å². The van der Waals surface area contributed by atoms with E-state index < -0.39 is 0 Å². The molecule has 0 saturated heterocycles. The van der Waals surface area contributed by atoms with Gasteiger partial charge >= 0.3 is 0 Å². The summed E-state index contributed by atoms with van der Waals surface area (Å²) in [6.45, 7) is 9.15. The minimum atomic E-state index is -0.00172. The third-order valence-corrected chi connectivity index (χ3v) is 7.70. The lowest BCUT2D eigenvalue weighted by Gasteiger charge is -2.50. The molecule has 4 heteroatoms. The van der Waals surface area contributed by atoms with Crippen molar-refractivity contribution in [3.05, 3.63) is 33.4 Å². The molecule has 2 nitrogen and oxygen atoms in total. The standard InChI is InChI=1S/C18H24I2O2/c1-17(2)10-13(15(20)18(3,4)16(17)22-6)12-8-7-11(21-5)9-14(12)19/h7-10,15-16H,1-6H3. The van der Waals surface area contributed by atoms with Crippen molar-refractivity contribution in [2.24, 2.45) is 10.8 Å². The molecule has 2 atom stereocenters. The molecule has 0 spiro atoms. The summed E-state index contributed by atoms with van der Waals surface area (Å²) in [5.74, 6) is 0.905. The zero-order valence-electron chi connectivity index (χ0n) is 14.0. The lowest BCUT2D eigenvalue weighted by atomic mass is 9.63. The van der Waals surface area contributed by atoms with Crippen LogP contribution in [0.2, 0.25) is 0 Å². The van der Waals surface area contributed by atoms with Crippen LogP contribution >= 0.6 is 45.2 Å². The SMILES string of the molecule is COc1ccc(C2=CC(C)(C)C(OC)C(C)(C)C2I)c(I)c1. The molecular weight excluding hydrogens is 502 g/mol. The van der Waals surface area contributed by atoms with Crippen LogP contribution in [0.3, 0.4) is 0 Å². The maximum Gasteiger partial charge on any atom is 0.119 e. The molecular formula is C18H24I2O2. The number of methoxy groups -OCH3 is 2. The highest BCUT2D eigenvalue weighted by molar-refractivity contribution is 14.1. The Hall–Kier alpha value is 0.180. The summed E-state index contributed by atoms with van der Waals surface area (Å²) in [4.78, 5) is 0. The molecule has 0 aliphatic heterocycles. The van der Waals surface area contributed by atoms with Crippen LogP contribution < -0.4 is 4.74 Å². The van der Waals surface area contributed by atoms with Gasteiger partial charge in [0.15, 0.2) is 0 Å². The van der Waals surface area contributed by atoms with Crippen molar-refractivity contribution in [3.63, 3.8) is 0 Å². The number of alkyl halides is 1. The normalized spacial score (nSPS) is 26.5. The highest BCUT2D eigenvalue weighted by Crippen LogP contribution is 2.52. The van der Waals surface area contributed by atoms with Gasteiger partial charge in [0.25, 0.3) is 0 Å². The number of hydrogen-bond acceptors (Lipinski definition) is 2. The van der Waals surface area contributed by atoms with E-state index >= 15 is 0 Å². The average molecular weight is 526 g/mol. The van der Waals surface area contributed by atoms with Crippen LogP contribution in [0.25, 0.3) is 5.57 Å². The highest BCUT2D eigenvalue weighted by Gasteiger charge is 2.49. The van der Waals surface area contributed by atoms with Gasteiger partial charge in [-0.25, -0.2) is 0 Å². The van der Waals surface area contributed by atoms with Gasteiger partial charge in [-0.1, -0.05) is 56.4 Å². The van der Waals surface area contributed by atoms with Gasteiger partial charge in [-0.05, 0) is 51.9 Å². The highest BCUT2D eigenvalue weighted by atomic mass is 127. The van der Waals surface area contributed by atoms with E-state index in [2.05, 4.69) is 91.1 Å². The summed E-state index contributed by atoms with van der Waals surface area (Å²) >= 11 is 4.98. The largest absolute Gasteiger partial charge is 0.497 e. The lowest BCUT2D eigenvalue weighted by Crippen LogP contribution is -2.50. The number of benzene rings is 1. The maximum absolute atomic E-state index is 5.87. The molecule has 1 aromatic carbocycles. The molecule has 0 saturated carbocycles. The van der Waals surface area contributed by atoms with Gasteiger partial charge in [0, 0.05) is 25.4 Å². The second kappa shape index (κ2) is 6.59. The van der Waals surface area contributed by atoms with Crippen LogP contribution in [-0.2, 0) is 4.74 Å². The number of allylic oxidation sites excluding steroid dienone is 1. The number of halogens is 2. The first-order valence-corrected chi connectivity index (χ1v) is 9.71. The van der Waals surface area contributed by atoms with Crippen molar-refractivity contribution in [2.75, 3.05) is 14.2 Å². The van der Waals surface area contributed by atoms with Crippen molar-refractivity contribution in [1.82, 2.24) is 0 Å². The fraction of sp³-hybridized carbons (Fsp3) is 0.556. The van der Waals surface area contributed by atoms with Gasteiger partial charge in [0.05, 0.1) is 13.2 Å². The van der Waals surface area contributed by atoms with Gasteiger partial charge in [0.2, 0.25) is 0 Å². The Morgan fingerprint density at radius 1 is 1.09 bits per heavy atom. The number of ether oxygens (including phenoxy) is 2. The molecule has 0 N–H and O–H groups in total. The third kappa shape index (κ3) is 3.20. The fourth-order valence-corrected chi connectivity index (χ4v) is 5.36. The van der Waals surface area contributed by atoms with Gasteiger partial charge in [-0.15, -0.1) is 0 Å². The summed E-state index contributed by atoms with van der Waals surface area (Å²) in [7, 11) is 3.54. The van der Waals surface area contributed by atoms with Gasteiger partial charge in [-0.3, -0.25) is 0 Å². The second-order valence-electron chi connectivity index (χ2n) is 7.07. The van der Waals surface area contributed by atoms with E-state index in [0.717, 1.165) is 5.75 Å². The third-order valence-electron chi connectivity index (χ3n) is 4.53. The Balaban J connectivity index is 2.57. The topological polar surface area (TPSA) is 18.5 Å². The Morgan fingerprint density at radius 3 is 2.23 bits per heavy atom.